The molecule has 1 aliphatic heterocycles. The molecule has 1 amide bonds. The largest absolute Gasteiger partial charge is 0.355 e. The third-order valence-corrected chi connectivity index (χ3v) is 5.43. The second-order valence-electron chi connectivity index (χ2n) is 3.89. The van der Waals surface area contributed by atoms with Crippen LogP contribution >= 0.6 is 15.9 Å². The van der Waals surface area contributed by atoms with Gasteiger partial charge in [-0.3, -0.25) is 4.79 Å². The van der Waals surface area contributed by atoms with Gasteiger partial charge in [0.1, 0.15) is 0 Å². The molecule has 6 heteroatoms. The fourth-order valence-corrected chi connectivity index (χ4v) is 3.60. The van der Waals surface area contributed by atoms with E-state index in [1.54, 1.807) is 0 Å². The Bertz CT molecular complexity index is 328. The van der Waals surface area contributed by atoms with Crippen molar-refractivity contribution in [3.8, 4) is 0 Å². The molecule has 1 aliphatic rings. The lowest BCUT2D eigenvalue weighted by Crippen LogP contribution is -2.34. The van der Waals surface area contributed by atoms with E-state index in [0.717, 1.165) is 6.42 Å². The normalized spacial score (nSPS) is 26.1. The first-order valence-electron chi connectivity index (χ1n) is 5.07. The van der Waals surface area contributed by atoms with Gasteiger partial charge in [0.15, 0.2) is 9.84 Å². The maximum absolute atomic E-state index is 11.4. The fraction of sp³-hybridized carbons (Fsp3) is 0.889. The van der Waals surface area contributed by atoms with Gasteiger partial charge in [-0.15, -0.1) is 0 Å². The van der Waals surface area contributed by atoms with Gasteiger partial charge >= 0.3 is 0 Å². The van der Waals surface area contributed by atoms with Gasteiger partial charge in [0.05, 0.1) is 16.3 Å². The highest BCUT2D eigenvalue weighted by Gasteiger charge is 2.28. The minimum absolute atomic E-state index is 0.0539. The first kappa shape index (κ1) is 13.0. The number of nitrogens with one attached hydrogen (secondary N) is 1. The van der Waals surface area contributed by atoms with E-state index in [-0.39, 0.29) is 28.2 Å². The van der Waals surface area contributed by atoms with E-state index in [0.29, 0.717) is 13.0 Å². The Labute approximate surface area is 98.9 Å². The molecule has 0 aromatic carbocycles. The zero-order valence-electron chi connectivity index (χ0n) is 8.70. The molecule has 0 aromatic rings. The van der Waals surface area contributed by atoms with Gasteiger partial charge in [-0.1, -0.05) is 22.9 Å². The molecule has 15 heavy (non-hydrogen) atoms. The average molecular weight is 298 g/mol. The van der Waals surface area contributed by atoms with Crippen LogP contribution in [0.4, 0.5) is 0 Å². The van der Waals surface area contributed by atoms with Gasteiger partial charge in [0.25, 0.3) is 0 Å². The molecule has 88 valence electrons. The Morgan fingerprint density at radius 3 is 2.73 bits per heavy atom. The van der Waals surface area contributed by atoms with Gasteiger partial charge in [-0.05, 0) is 18.8 Å². The molecule has 1 heterocycles. The number of alkyl halides is 1. The molecule has 1 rings (SSSR count). The van der Waals surface area contributed by atoms with Crippen molar-refractivity contribution in [2.75, 3.05) is 18.1 Å². The van der Waals surface area contributed by atoms with Crippen LogP contribution in [-0.2, 0) is 14.6 Å². The van der Waals surface area contributed by atoms with Crippen LogP contribution in [0.3, 0.4) is 0 Å². The van der Waals surface area contributed by atoms with Crippen molar-refractivity contribution in [3.63, 3.8) is 0 Å². The minimum atomic E-state index is -2.83. The molecule has 0 radical (unpaired) electrons. The molecule has 4 nitrogen and oxygen atoms in total. The first-order chi connectivity index (χ1) is 6.94. The third-order valence-electron chi connectivity index (χ3n) is 2.53. The summed E-state index contributed by atoms with van der Waals surface area (Å²) in [7, 11) is -2.83. The van der Waals surface area contributed by atoms with Gasteiger partial charge in [-0.2, -0.15) is 0 Å². The van der Waals surface area contributed by atoms with Crippen LogP contribution in [0.5, 0.6) is 0 Å². The number of sulfone groups is 1. The first-order valence-corrected chi connectivity index (χ1v) is 7.80. The summed E-state index contributed by atoms with van der Waals surface area (Å²) in [5.41, 5.74) is 0. The number of hydrogen-bond donors (Lipinski definition) is 1. The number of carbonyl (C=O) groups excluding carboxylic acids is 1. The summed E-state index contributed by atoms with van der Waals surface area (Å²) < 4.78 is 22.3. The maximum Gasteiger partial charge on any atom is 0.233 e. The van der Waals surface area contributed by atoms with Crippen molar-refractivity contribution in [1.82, 2.24) is 5.32 Å². The summed E-state index contributed by atoms with van der Waals surface area (Å²) in [6.07, 6.45) is 1.40. The van der Waals surface area contributed by atoms with Crippen molar-refractivity contribution in [3.05, 3.63) is 0 Å². The molecule has 0 spiro atoms. The average Bonchev–Trinajstić information content (AvgIpc) is 2.53. The molecule has 1 fully saturated rings. The fourth-order valence-electron chi connectivity index (χ4n) is 1.57. The Balaban J connectivity index is 2.30. The summed E-state index contributed by atoms with van der Waals surface area (Å²) in [6, 6.07) is 0. The van der Waals surface area contributed by atoms with Crippen molar-refractivity contribution in [2.24, 2.45) is 5.92 Å². The molecular formula is C9H16BrNO3S. The standard InChI is InChI=1S/C9H16BrNO3S/c1-2-8(10)9(12)11-5-7-3-4-15(13,14)6-7/h7-8H,2-6H2,1H3,(H,11,12). The SMILES string of the molecule is CCC(Br)C(=O)NCC1CCS(=O)(=O)C1. The van der Waals surface area contributed by atoms with Crippen molar-refractivity contribution in [2.45, 2.75) is 24.6 Å². The van der Waals surface area contributed by atoms with Crippen LogP contribution in [0.1, 0.15) is 19.8 Å². The molecule has 1 saturated heterocycles. The van der Waals surface area contributed by atoms with Crippen LogP contribution in [0, 0.1) is 5.92 Å². The lowest BCUT2D eigenvalue weighted by Gasteiger charge is -2.11. The third kappa shape index (κ3) is 4.10. The van der Waals surface area contributed by atoms with E-state index >= 15 is 0 Å². The monoisotopic (exact) mass is 297 g/mol. The van der Waals surface area contributed by atoms with E-state index in [1.807, 2.05) is 6.92 Å². The number of hydrogen-bond acceptors (Lipinski definition) is 3. The number of amides is 1. The zero-order chi connectivity index (χ0) is 11.5. The lowest BCUT2D eigenvalue weighted by atomic mass is 10.1. The second-order valence-corrected chi connectivity index (χ2v) is 7.22. The Hall–Kier alpha value is -0.100. The van der Waals surface area contributed by atoms with Crippen LogP contribution < -0.4 is 5.32 Å². The quantitative estimate of drug-likeness (QED) is 0.778. The highest BCUT2D eigenvalue weighted by atomic mass is 79.9. The van der Waals surface area contributed by atoms with Crippen LogP contribution in [0.2, 0.25) is 0 Å². The van der Waals surface area contributed by atoms with E-state index in [4.69, 9.17) is 0 Å². The Kier molecular flexibility index (Phi) is 4.58. The van der Waals surface area contributed by atoms with Gasteiger partial charge in [0.2, 0.25) is 5.91 Å². The Morgan fingerprint density at radius 2 is 2.27 bits per heavy atom. The van der Waals surface area contributed by atoms with Gasteiger partial charge < -0.3 is 5.32 Å². The Morgan fingerprint density at radius 1 is 1.60 bits per heavy atom. The van der Waals surface area contributed by atoms with Crippen LogP contribution in [-0.4, -0.2) is 37.2 Å². The molecule has 0 aromatic heterocycles. The van der Waals surface area contributed by atoms with Crippen molar-refractivity contribution in [1.29, 1.82) is 0 Å². The van der Waals surface area contributed by atoms with Crippen LogP contribution in [0.15, 0.2) is 0 Å². The van der Waals surface area contributed by atoms with Gasteiger partial charge in [0, 0.05) is 6.54 Å². The number of carbonyl (C=O) groups is 1. The molecule has 0 bridgehead atoms. The minimum Gasteiger partial charge on any atom is -0.355 e. The summed E-state index contributed by atoms with van der Waals surface area (Å²) in [5.74, 6) is 0.517. The topological polar surface area (TPSA) is 63.2 Å². The molecule has 0 aliphatic carbocycles. The molecule has 0 saturated carbocycles. The molecule has 2 atom stereocenters. The smallest absolute Gasteiger partial charge is 0.233 e. The van der Waals surface area contributed by atoms with E-state index in [1.165, 1.54) is 0 Å². The molecule has 1 N–H and O–H groups in total. The van der Waals surface area contributed by atoms with E-state index < -0.39 is 9.84 Å². The predicted molar refractivity (Wildman–Crippen MR) is 62.8 cm³/mol. The summed E-state index contributed by atoms with van der Waals surface area (Å²) in [6.45, 7) is 2.39. The predicted octanol–water partition coefficient (Wildman–Crippen LogP) is 0.711. The highest BCUT2D eigenvalue weighted by molar-refractivity contribution is 9.10. The van der Waals surface area contributed by atoms with Crippen molar-refractivity contribution < 1.29 is 13.2 Å². The number of halogens is 1. The second kappa shape index (κ2) is 5.30. The van der Waals surface area contributed by atoms with Crippen LogP contribution in [0.25, 0.3) is 0 Å². The van der Waals surface area contributed by atoms with Crippen molar-refractivity contribution >= 4 is 31.7 Å². The summed E-state index contributed by atoms with van der Waals surface area (Å²) in [5, 5.41) is 2.76. The summed E-state index contributed by atoms with van der Waals surface area (Å²) >= 11 is 3.24. The zero-order valence-corrected chi connectivity index (χ0v) is 11.1. The van der Waals surface area contributed by atoms with E-state index in [2.05, 4.69) is 21.2 Å². The van der Waals surface area contributed by atoms with E-state index in [9.17, 15) is 13.2 Å². The highest BCUT2D eigenvalue weighted by Crippen LogP contribution is 2.17. The maximum atomic E-state index is 11.4. The van der Waals surface area contributed by atoms with Gasteiger partial charge in [-0.25, -0.2) is 8.42 Å². The molecular weight excluding hydrogens is 282 g/mol. The molecule has 2 unspecified atom stereocenters. The summed E-state index contributed by atoms with van der Waals surface area (Å²) in [4.78, 5) is 11.2. The lowest BCUT2D eigenvalue weighted by molar-refractivity contribution is -0.120. The number of rotatable bonds is 4.